The van der Waals surface area contributed by atoms with Crippen LogP contribution in [0.4, 0.5) is 5.95 Å². The summed E-state index contributed by atoms with van der Waals surface area (Å²) in [6, 6.07) is 2.40. The minimum absolute atomic E-state index is 0.275. The van der Waals surface area contributed by atoms with E-state index in [4.69, 9.17) is 0 Å². The van der Waals surface area contributed by atoms with Gasteiger partial charge in [-0.25, -0.2) is 4.98 Å². The van der Waals surface area contributed by atoms with Gasteiger partial charge in [-0.1, -0.05) is 6.08 Å². The molecule has 0 fully saturated rings. The second-order valence-electron chi connectivity index (χ2n) is 3.61. The summed E-state index contributed by atoms with van der Waals surface area (Å²) >= 11 is 1.71. The number of anilines is 1. The molecule has 1 atom stereocenters. The van der Waals surface area contributed by atoms with E-state index in [9.17, 15) is 0 Å². The average Bonchev–Trinajstić information content (AvgIpc) is 2.90. The van der Waals surface area contributed by atoms with E-state index in [1.807, 2.05) is 16.8 Å². The highest BCUT2D eigenvalue weighted by molar-refractivity contribution is 7.07. The molecule has 4 heteroatoms. The van der Waals surface area contributed by atoms with Crippen LogP contribution in [0.25, 0.3) is 0 Å². The summed E-state index contributed by atoms with van der Waals surface area (Å²) < 4.78 is 2.04. The van der Waals surface area contributed by atoms with E-state index in [-0.39, 0.29) is 6.04 Å². The second kappa shape index (κ2) is 4.99. The van der Waals surface area contributed by atoms with E-state index >= 15 is 0 Å². The molecule has 2 aromatic heterocycles. The van der Waals surface area contributed by atoms with E-state index in [1.165, 1.54) is 5.56 Å². The highest BCUT2D eigenvalue weighted by Crippen LogP contribution is 2.20. The first-order valence-electron chi connectivity index (χ1n) is 5.22. The molecular weight excluding hydrogens is 218 g/mol. The fourth-order valence-electron chi connectivity index (χ4n) is 1.53. The van der Waals surface area contributed by atoms with Crippen molar-refractivity contribution in [2.24, 2.45) is 0 Å². The minimum Gasteiger partial charge on any atom is -0.349 e. The smallest absolute Gasteiger partial charge is 0.203 e. The molecule has 0 amide bonds. The van der Waals surface area contributed by atoms with Crippen LogP contribution in [-0.4, -0.2) is 9.55 Å². The first-order valence-corrected chi connectivity index (χ1v) is 6.16. The van der Waals surface area contributed by atoms with Crippen molar-refractivity contribution in [1.82, 2.24) is 9.55 Å². The molecule has 2 rings (SSSR count). The summed E-state index contributed by atoms with van der Waals surface area (Å²) in [5, 5.41) is 7.63. The lowest BCUT2D eigenvalue weighted by Crippen LogP contribution is -2.10. The molecule has 2 heterocycles. The van der Waals surface area contributed by atoms with E-state index in [0.717, 1.165) is 12.5 Å². The molecule has 1 unspecified atom stereocenters. The maximum absolute atomic E-state index is 4.29. The maximum Gasteiger partial charge on any atom is 0.203 e. The van der Waals surface area contributed by atoms with Gasteiger partial charge in [-0.2, -0.15) is 11.3 Å². The Bertz CT molecular complexity index is 445. The van der Waals surface area contributed by atoms with Crippen molar-refractivity contribution in [3.05, 3.63) is 47.4 Å². The lowest BCUT2D eigenvalue weighted by atomic mass is 10.2. The van der Waals surface area contributed by atoms with Crippen molar-refractivity contribution in [3.8, 4) is 0 Å². The van der Waals surface area contributed by atoms with Gasteiger partial charge in [0, 0.05) is 18.9 Å². The van der Waals surface area contributed by atoms with Gasteiger partial charge in [-0.3, -0.25) is 0 Å². The number of nitrogens with zero attached hydrogens (tertiary/aromatic N) is 2. The minimum atomic E-state index is 0.275. The van der Waals surface area contributed by atoms with Crippen molar-refractivity contribution in [1.29, 1.82) is 0 Å². The molecule has 0 aromatic carbocycles. The van der Waals surface area contributed by atoms with Gasteiger partial charge >= 0.3 is 0 Å². The van der Waals surface area contributed by atoms with E-state index < -0.39 is 0 Å². The van der Waals surface area contributed by atoms with Crippen LogP contribution in [0, 0.1) is 0 Å². The molecule has 1 N–H and O–H groups in total. The molecule has 84 valence electrons. The van der Waals surface area contributed by atoms with Gasteiger partial charge in [0.2, 0.25) is 5.95 Å². The molecule has 0 saturated heterocycles. The van der Waals surface area contributed by atoms with Crippen molar-refractivity contribution >= 4 is 17.3 Å². The molecule has 2 aromatic rings. The number of nitrogens with one attached hydrogen (secondary N) is 1. The largest absolute Gasteiger partial charge is 0.349 e. The molecule has 0 saturated carbocycles. The molecule has 0 spiro atoms. The molecule has 0 bridgehead atoms. The third kappa shape index (κ3) is 2.33. The highest BCUT2D eigenvalue weighted by atomic mass is 32.1. The van der Waals surface area contributed by atoms with Gasteiger partial charge in [0.05, 0.1) is 6.04 Å². The Hall–Kier alpha value is -1.55. The zero-order valence-electron chi connectivity index (χ0n) is 9.26. The summed E-state index contributed by atoms with van der Waals surface area (Å²) in [7, 11) is 0. The van der Waals surface area contributed by atoms with Crippen molar-refractivity contribution in [2.45, 2.75) is 19.5 Å². The predicted molar refractivity (Wildman–Crippen MR) is 68.8 cm³/mol. The third-order valence-corrected chi connectivity index (χ3v) is 3.13. The zero-order chi connectivity index (χ0) is 11.4. The zero-order valence-corrected chi connectivity index (χ0v) is 10.1. The Morgan fingerprint density at radius 3 is 3.25 bits per heavy atom. The molecule has 0 aliphatic rings. The van der Waals surface area contributed by atoms with Crippen molar-refractivity contribution < 1.29 is 0 Å². The van der Waals surface area contributed by atoms with Gasteiger partial charge in [0.1, 0.15) is 0 Å². The normalized spacial score (nSPS) is 12.3. The summed E-state index contributed by atoms with van der Waals surface area (Å²) in [5.41, 5.74) is 1.29. The Balaban J connectivity index is 2.08. The van der Waals surface area contributed by atoms with Crippen LogP contribution in [0.3, 0.4) is 0 Å². The number of imidazole rings is 1. The number of rotatable bonds is 5. The van der Waals surface area contributed by atoms with Crippen molar-refractivity contribution in [2.75, 3.05) is 5.32 Å². The molecular formula is C12H15N3S. The van der Waals surface area contributed by atoms with Crippen LogP contribution in [0.5, 0.6) is 0 Å². The summed E-state index contributed by atoms with van der Waals surface area (Å²) in [6.45, 7) is 6.64. The summed E-state index contributed by atoms with van der Waals surface area (Å²) in [5.74, 6) is 0.888. The van der Waals surface area contributed by atoms with Crippen LogP contribution in [0.1, 0.15) is 18.5 Å². The number of hydrogen-bond donors (Lipinski definition) is 1. The predicted octanol–water partition coefficient (Wildman–Crippen LogP) is 3.30. The Morgan fingerprint density at radius 2 is 2.56 bits per heavy atom. The number of aromatic nitrogens is 2. The van der Waals surface area contributed by atoms with Crippen LogP contribution >= 0.6 is 11.3 Å². The molecule has 0 radical (unpaired) electrons. The monoisotopic (exact) mass is 233 g/mol. The maximum atomic E-state index is 4.29. The van der Waals surface area contributed by atoms with Crippen LogP contribution in [0.2, 0.25) is 0 Å². The molecule has 3 nitrogen and oxygen atoms in total. The fourth-order valence-corrected chi connectivity index (χ4v) is 2.29. The summed E-state index contributed by atoms with van der Waals surface area (Å²) in [4.78, 5) is 4.29. The Kier molecular flexibility index (Phi) is 3.41. The topological polar surface area (TPSA) is 29.9 Å². The van der Waals surface area contributed by atoms with Gasteiger partial charge in [0.25, 0.3) is 0 Å². The van der Waals surface area contributed by atoms with Gasteiger partial charge < -0.3 is 9.88 Å². The summed E-state index contributed by atoms with van der Waals surface area (Å²) in [6.07, 6.45) is 5.61. The molecule has 0 aliphatic heterocycles. The first-order chi connectivity index (χ1) is 7.81. The van der Waals surface area contributed by atoms with Crippen molar-refractivity contribution in [3.63, 3.8) is 0 Å². The second-order valence-corrected chi connectivity index (χ2v) is 4.39. The van der Waals surface area contributed by atoms with Gasteiger partial charge in [-0.05, 0) is 29.3 Å². The van der Waals surface area contributed by atoms with E-state index in [1.54, 1.807) is 17.5 Å². The number of thiophene rings is 1. The van der Waals surface area contributed by atoms with E-state index in [0.29, 0.717) is 0 Å². The Labute approximate surface area is 99.5 Å². The van der Waals surface area contributed by atoms with Crippen LogP contribution < -0.4 is 5.32 Å². The van der Waals surface area contributed by atoms with Crippen LogP contribution in [0.15, 0.2) is 41.9 Å². The molecule has 0 aliphatic carbocycles. The number of allylic oxidation sites excluding steroid dienone is 1. The average molecular weight is 233 g/mol. The van der Waals surface area contributed by atoms with E-state index in [2.05, 4.69) is 40.6 Å². The first kappa shape index (κ1) is 11.0. The number of hydrogen-bond acceptors (Lipinski definition) is 3. The standard InChI is InChI=1S/C12H15N3S/c1-3-6-15-7-5-13-12(15)14-10(2)11-4-8-16-9-11/h3-5,7-10H,1,6H2,2H3,(H,13,14). The lowest BCUT2D eigenvalue weighted by Gasteiger charge is -2.14. The fraction of sp³-hybridized carbons (Fsp3) is 0.250. The highest BCUT2D eigenvalue weighted by Gasteiger charge is 2.08. The lowest BCUT2D eigenvalue weighted by molar-refractivity contribution is 0.785. The van der Waals surface area contributed by atoms with Gasteiger partial charge in [0.15, 0.2) is 0 Å². The quantitative estimate of drug-likeness (QED) is 0.803. The molecule has 16 heavy (non-hydrogen) atoms. The van der Waals surface area contributed by atoms with Crippen LogP contribution in [-0.2, 0) is 6.54 Å². The Morgan fingerprint density at radius 1 is 1.69 bits per heavy atom. The SMILES string of the molecule is C=CCn1ccnc1NC(C)c1ccsc1. The van der Waals surface area contributed by atoms with Gasteiger partial charge in [-0.15, -0.1) is 6.58 Å². The third-order valence-electron chi connectivity index (χ3n) is 2.43.